The van der Waals surface area contributed by atoms with Crippen LogP contribution in [0.2, 0.25) is 0 Å². The summed E-state index contributed by atoms with van der Waals surface area (Å²) in [6, 6.07) is 56.8. The normalized spacial score (nSPS) is 14.0. The largest absolute Gasteiger partial charge is 0.458 e. The maximum Gasteiger partial charge on any atom is 0.256 e. The van der Waals surface area contributed by atoms with Crippen molar-refractivity contribution in [2.45, 2.75) is 0 Å². The van der Waals surface area contributed by atoms with E-state index in [-0.39, 0.29) is 13.4 Å². The molecule has 0 spiro atoms. The van der Waals surface area contributed by atoms with E-state index in [2.05, 4.69) is 155 Å². The maximum absolute atomic E-state index is 6.99. The summed E-state index contributed by atoms with van der Waals surface area (Å²) in [5.41, 5.74) is 17.8. The number of nitrogens with zero attached hydrogens (tertiary/aromatic N) is 2. The zero-order valence-corrected chi connectivity index (χ0v) is 32.7. The Hall–Kier alpha value is -8.09. The van der Waals surface area contributed by atoms with E-state index in [0.717, 1.165) is 111 Å². The first-order chi connectivity index (χ1) is 30.8. The van der Waals surface area contributed by atoms with E-state index in [4.69, 9.17) is 18.3 Å². The minimum absolute atomic E-state index is 0.0641. The Morgan fingerprint density at radius 3 is 1.34 bits per heavy atom. The van der Waals surface area contributed by atoms with Crippen molar-refractivity contribution in [2.75, 3.05) is 0 Å². The van der Waals surface area contributed by atoms with Gasteiger partial charge in [-0.15, -0.1) is 0 Å². The number of para-hydroxylation sites is 4. The van der Waals surface area contributed by atoms with E-state index in [9.17, 15) is 0 Å². The van der Waals surface area contributed by atoms with Gasteiger partial charge < -0.3 is 27.4 Å². The van der Waals surface area contributed by atoms with E-state index in [1.165, 1.54) is 43.7 Å². The van der Waals surface area contributed by atoms with Gasteiger partial charge in [-0.1, -0.05) is 91.0 Å². The van der Waals surface area contributed by atoms with E-state index in [0.29, 0.717) is 0 Å². The summed E-state index contributed by atoms with van der Waals surface area (Å²) < 4.78 is 32.3. The Morgan fingerprint density at radius 2 is 0.823 bits per heavy atom. The quantitative estimate of drug-likeness (QED) is 0.144. The lowest BCUT2D eigenvalue weighted by atomic mass is 9.31. The number of rotatable bonds is 0. The molecule has 13 aromatic rings. The minimum Gasteiger partial charge on any atom is -0.458 e. The molecule has 0 fully saturated rings. The molecule has 4 aliphatic rings. The molecule has 0 saturated carbocycles. The van der Waals surface area contributed by atoms with Crippen LogP contribution in [0.3, 0.4) is 0 Å². The van der Waals surface area contributed by atoms with Gasteiger partial charge in [0, 0.05) is 60.8 Å². The molecule has 4 aliphatic heterocycles. The van der Waals surface area contributed by atoms with Gasteiger partial charge in [0.05, 0.1) is 21.8 Å². The lowest BCUT2D eigenvalue weighted by Gasteiger charge is -2.36. The molecular weight excluding hydrogens is 762 g/mol. The maximum atomic E-state index is 6.99. The topological polar surface area (TPSA) is 54.6 Å². The number of furan rings is 2. The molecule has 17 rings (SSSR count). The molecule has 0 amide bonds. The predicted octanol–water partition coefficient (Wildman–Crippen LogP) is 9.55. The van der Waals surface area contributed by atoms with Crippen molar-refractivity contribution in [3.8, 4) is 34.4 Å². The summed E-state index contributed by atoms with van der Waals surface area (Å²) in [5, 5.41) is 9.20. The number of aromatic nitrogens is 2. The van der Waals surface area contributed by atoms with Crippen molar-refractivity contribution in [2.24, 2.45) is 0 Å². The standard InChI is InChI=1S/C54H26B2N2O4/c1-3-17-41-27(9-1)29-21-23-37-47(53(29)61-41)31-11-5-13-33-51(31)57(37)39-15-7-19-43-49(39)55(33)35-25-36-46(26-45(35)59-43)60-44-20-8-16-40-50(44)56(36)34-14-6-12-32-48-38(58(40)52(32)34)24-22-30-28-10-2-4-18-42(28)62-54(30)48/h1-26H. The van der Waals surface area contributed by atoms with Gasteiger partial charge in [-0.2, -0.15) is 0 Å². The smallest absolute Gasteiger partial charge is 0.256 e. The Balaban J connectivity index is 0.943. The summed E-state index contributed by atoms with van der Waals surface area (Å²) in [7, 11) is 0. The fraction of sp³-hybridized carbons (Fsp3) is 0. The molecule has 9 aromatic carbocycles. The van der Waals surface area contributed by atoms with E-state index in [1.54, 1.807) is 0 Å². The fourth-order valence-electron chi connectivity index (χ4n) is 12.3. The molecular formula is C54H26B2N2O4. The lowest BCUT2D eigenvalue weighted by molar-refractivity contribution is 0.465. The zero-order chi connectivity index (χ0) is 39.7. The summed E-state index contributed by atoms with van der Waals surface area (Å²) in [4.78, 5) is 0. The predicted molar refractivity (Wildman–Crippen MR) is 252 cm³/mol. The minimum atomic E-state index is -0.0641. The highest BCUT2D eigenvalue weighted by Crippen LogP contribution is 2.45. The number of hydrogen-bond acceptors (Lipinski definition) is 4. The molecule has 6 nitrogen and oxygen atoms in total. The molecule has 0 unspecified atom stereocenters. The van der Waals surface area contributed by atoms with Gasteiger partial charge in [0.15, 0.2) is 0 Å². The monoisotopic (exact) mass is 788 g/mol. The van der Waals surface area contributed by atoms with Crippen LogP contribution in [0.5, 0.6) is 23.0 Å². The number of ether oxygens (including phenoxy) is 2. The van der Waals surface area contributed by atoms with E-state index >= 15 is 0 Å². The van der Waals surface area contributed by atoms with Crippen molar-refractivity contribution < 1.29 is 18.3 Å². The zero-order valence-electron chi connectivity index (χ0n) is 32.7. The van der Waals surface area contributed by atoms with Crippen molar-refractivity contribution in [3.05, 3.63) is 158 Å². The van der Waals surface area contributed by atoms with Crippen molar-refractivity contribution in [1.29, 1.82) is 0 Å². The molecule has 8 heteroatoms. The Labute approximate surface area is 351 Å². The van der Waals surface area contributed by atoms with Crippen LogP contribution in [0.25, 0.3) is 98.9 Å². The second kappa shape index (κ2) is 10.3. The summed E-state index contributed by atoms with van der Waals surface area (Å²) >= 11 is 0. The van der Waals surface area contributed by atoms with Gasteiger partial charge in [0.25, 0.3) is 13.4 Å². The average molecular weight is 788 g/mol. The molecule has 0 bridgehead atoms. The molecule has 0 saturated heterocycles. The van der Waals surface area contributed by atoms with Crippen LogP contribution in [-0.4, -0.2) is 22.6 Å². The van der Waals surface area contributed by atoms with Gasteiger partial charge in [0.1, 0.15) is 45.3 Å². The van der Waals surface area contributed by atoms with Crippen molar-refractivity contribution in [1.82, 2.24) is 9.13 Å². The van der Waals surface area contributed by atoms with Crippen LogP contribution in [0, 0.1) is 0 Å². The fourth-order valence-corrected chi connectivity index (χ4v) is 12.3. The third-order valence-corrected chi connectivity index (χ3v) is 14.6. The van der Waals surface area contributed by atoms with Gasteiger partial charge in [-0.25, -0.2) is 0 Å². The molecule has 4 aromatic heterocycles. The number of benzene rings is 9. The van der Waals surface area contributed by atoms with Crippen LogP contribution >= 0.6 is 0 Å². The summed E-state index contributed by atoms with van der Waals surface area (Å²) in [5.74, 6) is 3.40. The highest BCUT2D eigenvalue weighted by molar-refractivity contribution is 7.02. The third kappa shape index (κ3) is 3.37. The van der Waals surface area contributed by atoms with Gasteiger partial charge >= 0.3 is 0 Å². The highest BCUT2D eigenvalue weighted by Gasteiger charge is 2.45. The van der Waals surface area contributed by atoms with E-state index < -0.39 is 0 Å². The Bertz CT molecular complexity index is 4050. The molecule has 8 heterocycles. The molecule has 0 aliphatic carbocycles. The van der Waals surface area contributed by atoms with Crippen LogP contribution in [0.4, 0.5) is 0 Å². The van der Waals surface area contributed by atoms with Crippen LogP contribution < -0.4 is 42.3 Å². The van der Waals surface area contributed by atoms with E-state index in [1.807, 2.05) is 12.1 Å². The molecule has 0 radical (unpaired) electrons. The number of fused-ring (bicyclic) bond motifs is 22. The lowest BCUT2D eigenvalue weighted by Crippen LogP contribution is -2.62. The second-order valence-corrected chi connectivity index (χ2v) is 17.4. The molecule has 282 valence electrons. The van der Waals surface area contributed by atoms with Crippen LogP contribution in [-0.2, 0) is 0 Å². The molecule has 0 N–H and O–H groups in total. The van der Waals surface area contributed by atoms with Gasteiger partial charge in [-0.05, 0) is 93.4 Å². The Kier molecular flexibility index (Phi) is 5.11. The first-order valence-electron chi connectivity index (χ1n) is 21.3. The van der Waals surface area contributed by atoms with Gasteiger partial charge in [0.2, 0.25) is 0 Å². The number of hydrogen-bond donors (Lipinski definition) is 0. The van der Waals surface area contributed by atoms with Crippen molar-refractivity contribution in [3.63, 3.8) is 0 Å². The highest BCUT2D eigenvalue weighted by atomic mass is 16.5. The first kappa shape index (κ1) is 30.9. The SMILES string of the molecule is c1cc2c3c(c1)-n1c4ccc5c6ccccc6oc5c4c4cccc(c41)B3c1cc3c(cc1O2)Oc1cccc2c1B3c1cccc3c4c5oc6ccccc6c5ccc4n-2c13. The van der Waals surface area contributed by atoms with Crippen LogP contribution in [0.1, 0.15) is 0 Å². The second-order valence-electron chi connectivity index (χ2n) is 17.4. The first-order valence-corrected chi connectivity index (χ1v) is 21.3. The third-order valence-electron chi connectivity index (χ3n) is 14.6. The summed E-state index contributed by atoms with van der Waals surface area (Å²) in [6.07, 6.45) is 0. The van der Waals surface area contributed by atoms with Crippen molar-refractivity contribution >= 4 is 134 Å². The van der Waals surface area contributed by atoms with Crippen LogP contribution in [0.15, 0.2) is 167 Å². The molecule has 0 atom stereocenters. The summed E-state index contributed by atoms with van der Waals surface area (Å²) in [6.45, 7) is -0.128. The average Bonchev–Trinajstić information content (AvgIpc) is 4.07. The molecule has 62 heavy (non-hydrogen) atoms. The Morgan fingerprint density at radius 1 is 0.355 bits per heavy atom. The van der Waals surface area contributed by atoms with Gasteiger partial charge in [-0.3, -0.25) is 0 Å².